The summed E-state index contributed by atoms with van der Waals surface area (Å²) in [6.07, 6.45) is 1.53. The number of benzene rings is 1. The second-order valence-corrected chi connectivity index (χ2v) is 3.45. The highest BCUT2D eigenvalue weighted by molar-refractivity contribution is 5.94. The monoisotopic (exact) mass is 221 g/mol. The molecule has 0 saturated carbocycles. The molecule has 2 nitrogen and oxygen atoms in total. The molecule has 0 unspecified atom stereocenters. The van der Waals surface area contributed by atoms with Gasteiger partial charge in [-0.2, -0.15) is 0 Å². The number of rotatable bonds is 4. The van der Waals surface area contributed by atoms with Gasteiger partial charge >= 0.3 is 0 Å². The Kier molecular flexibility index (Phi) is 4.23. The van der Waals surface area contributed by atoms with Crippen LogP contribution in [0, 0.1) is 5.82 Å². The van der Waals surface area contributed by atoms with Crippen LogP contribution in [0.4, 0.5) is 4.39 Å². The van der Waals surface area contributed by atoms with Crippen LogP contribution in [0.1, 0.15) is 29.8 Å². The third-order valence-corrected chi connectivity index (χ3v) is 2.45. The van der Waals surface area contributed by atoms with E-state index in [1.807, 2.05) is 13.8 Å². The van der Waals surface area contributed by atoms with E-state index in [0.29, 0.717) is 24.2 Å². The van der Waals surface area contributed by atoms with Crippen molar-refractivity contribution in [2.24, 2.45) is 0 Å². The van der Waals surface area contributed by atoms with Crippen molar-refractivity contribution in [3.8, 4) is 0 Å². The predicted octanol–water partition coefficient (Wildman–Crippen LogP) is 2.95. The van der Waals surface area contributed by atoms with E-state index in [-0.39, 0.29) is 5.91 Å². The van der Waals surface area contributed by atoms with Crippen molar-refractivity contribution < 1.29 is 9.18 Å². The van der Waals surface area contributed by atoms with Crippen LogP contribution in [0.5, 0.6) is 0 Å². The Morgan fingerprint density at radius 3 is 2.50 bits per heavy atom. The maximum atomic E-state index is 13.2. The summed E-state index contributed by atoms with van der Waals surface area (Å²) in [6.45, 7) is 8.60. The molecule has 0 aliphatic heterocycles. The zero-order chi connectivity index (χ0) is 12.1. The van der Waals surface area contributed by atoms with E-state index in [1.165, 1.54) is 18.2 Å². The van der Waals surface area contributed by atoms with E-state index in [9.17, 15) is 9.18 Å². The summed E-state index contributed by atoms with van der Waals surface area (Å²) in [4.78, 5) is 13.6. The molecule has 0 fully saturated rings. The van der Waals surface area contributed by atoms with Gasteiger partial charge in [-0.25, -0.2) is 4.39 Å². The Labute approximate surface area is 95.4 Å². The molecular formula is C13H16FNO. The highest BCUT2D eigenvalue weighted by Crippen LogP contribution is 2.12. The van der Waals surface area contributed by atoms with Gasteiger partial charge < -0.3 is 4.90 Å². The number of carbonyl (C=O) groups excluding carboxylic acids is 1. The highest BCUT2D eigenvalue weighted by atomic mass is 19.1. The van der Waals surface area contributed by atoms with Crippen molar-refractivity contribution in [2.75, 3.05) is 13.1 Å². The number of nitrogens with zero attached hydrogens (tertiary/aromatic N) is 1. The van der Waals surface area contributed by atoms with Gasteiger partial charge in [-0.15, -0.1) is 0 Å². The Bertz CT molecular complexity index is 397. The quantitative estimate of drug-likeness (QED) is 0.765. The van der Waals surface area contributed by atoms with Crippen molar-refractivity contribution in [2.45, 2.75) is 13.8 Å². The third kappa shape index (κ3) is 2.69. The molecule has 16 heavy (non-hydrogen) atoms. The van der Waals surface area contributed by atoms with Crippen LogP contribution in [0.25, 0.3) is 6.08 Å². The zero-order valence-electron chi connectivity index (χ0n) is 9.66. The lowest BCUT2D eigenvalue weighted by Gasteiger charge is -2.18. The summed E-state index contributed by atoms with van der Waals surface area (Å²) in [5.74, 6) is -0.555. The fourth-order valence-electron chi connectivity index (χ4n) is 1.55. The molecule has 0 aromatic heterocycles. The van der Waals surface area contributed by atoms with Crippen LogP contribution < -0.4 is 0 Å². The van der Waals surface area contributed by atoms with Gasteiger partial charge in [0.15, 0.2) is 0 Å². The highest BCUT2D eigenvalue weighted by Gasteiger charge is 2.13. The van der Waals surface area contributed by atoms with Gasteiger partial charge in [0.2, 0.25) is 0 Å². The average molecular weight is 221 g/mol. The maximum Gasteiger partial charge on any atom is 0.253 e. The number of hydrogen-bond donors (Lipinski definition) is 0. The minimum absolute atomic E-state index is 0.146. The van der Waals surface area contributed by atoms with Crippen molar-refractivity contribution in [3.05, 3.63) is 41.7 Å². The number of carbonyl (C=O) groups is 1. The van der Waals surface area contributed by atoms with Crippen LogP contribution in [-0.4, -0.2) is 23.9 Å². The van der Waals surface area contributed by atoms with Gasteiger partial charge in [0.1, 0.15) is 5.82 Å². The minimum atomic E-state index is -0.409. The number of amides is 1. The predicted molar refractivity (Wildman–Crippen MR) is 63.7 cm³/mol. The smallest absolute Gasteiger partial charge is 0.253 e. The van der Waals surface area contributed by atoms with Gasteiger partial charge in [-0.3, -0.25) is 4.79 Å². The Morgan fingerprint density at radius 2 is 2.00 bits per heavy atom. The molecular weight excluding hydrogens is 205 g/mol. The van der Waals surface area contributed by atoms with Crippen LogP contribution in [0.2, 0.25) is 0 Å². The standard InChI is InChI=1S/C13H16FNO/c1-4-10-7-11(9-12(14)8-10)13(16)15(5-2)6-3/h4,7-9H,1,5-6H2,2-3H3. The number of halogens is 1. The SMILES string of the molecule is C=Cc1cc(F)cc(C(=O)N(CC)CC)c1. The van der Waals surface area contributed by atoms with Crippen LogP contribution >= 0.6 is 0 Å². The Hall–Kier alpha value is -1.64. The van der Waals surface area contributed by atoms with E-state index in [2.05, 4.69) is 6.58 Å². The molecule has 0 saturated heterocycles. The molecule has 1 aromatic carbocycles. The van der Waals surface area contributed by atoms with Crippen molar-refractivity contribution >= 4 is 12.0 Å². The summed E-state index contributed by atoms with van der Waals surface area (Å²) in [7, 11) is 0. The molecule has 3 heteroatoms. The number of hydrogen-bond acceptors (Lipinski definition) is 1. The van der Waals surface area contributed by atoms with E-state index in [4.69, 9.17) is 0 Å². The van der Waals surface area contributed by atoms with Gasteiger partial charge in [0, 0.05) is 18.7 Å². The molecule has 1 aromatic rings. The van der Waals surface area contributed by atoms with E-state index < -0.39 is 5.82 Å². The summed E-state index contributed by atoms with van der Waals surface area (Å²) < 4.78 is 13.2. The molecule has 1 rings (SSSR count). The molecule has 0 aliphatic rings. The van der Waals surface area contributed by atoms with Crippen molar-refractivity contribution in [1.29, 1.82) is 0 Å². The van der Waals surface area contributed by atoms with Crippen LogP contribution in [0.3, 0.4) is 0 Å². The third-order valence-electron chi connectivity index (χ3n) is 2.45. The normalized spacial score (nSPS) is 9.94. The Balaban J connectivity index is 3.07. The first kappa shape index (κ1) is 12.4. The topological polar surface area (TPSA) is 20.3 Å². The van der Waals surface area contributed by atoms with Gasteiger partial charge in [0.25, 0.3) is 5.91 Å². The van der Waals surface area contributed by atoms with E-state index in [1.54, 1.807) is 11.0 Å². The van der Waals surface area contributed by atoms with Crippen LogP contribution in [-0.2, 0) is 0 Å². The fraction of sp³-hybridized carbons (Fsp3) is 0.308. The van der Waals surface area contributed by atoms with E-state index in [0.717, 1.165) is 0 Å². The lowest BCUT2D eigenvalue weighted by atomic mass is 10.1. The summed E-state index contributed by atoms with van der Waals surface area (Å²) in [5, 5.41) is 0. The lowest BCUT2D eigenvalue weighted by molar-refractivity contribution is 0.0772. The molecule has 0 N–H and O–H groups in total. The molecule has 1 amide bonds. The van der Waals surface area contributed by atoms with Crippen molar-refractivity contribution in [1.82, 2.24) is 4.90 Å². The first-order valence-corrected chi connectivity index (χ1v) is 5.34. The summed E-state index contributed by atoms with van der Waals surface area (Å²) in [6, 6.07) is 4.26. The molecule has 0 radical (unpaired) electrons. The first-order valence-electron chi connectivity index (χ1n) is 5.34. The first-order chi connectivity index (χ1) is 7.62. The van der Waals surface area contributed by atoms with Gasteiger partial charge in [-0.05, 0) is 37.6 Å². The zero-order valence-corrected chi connectivity index (χ0v) is 9.66. The van der Waals surface area contributed by atoms with Gasteiger partial charge in [-0.1, -0.05) is 12.7 Å². The second kappa shape index (κ2) is 5.45. The van der Waals surface area contributed by atoms with Crippen molar-refractivity contribution in [3.63, 3.8) is 0 Å². The Morgan fingerprint density at radius 1 is 1.38 bits per heavy atom. The van der Waals surface area contributed by atoms with E-state index >= 15 is 0 Å². The lowest BCUT2D eigenvalue weighted by Crippen LogP contribution is -2.30. The maximum absolute atomic E-state index is 13.2. The molecule has 0 spiro atoms. The minimum Gasteiger partial charge on any atom is -0.339 e. The molecule has 0 aliphatic carbocycles. The van der Waals surface area contributed by atoms with Gasteiger partial charge in [0.05, 0.1) is 0 Å². The molecule has 0 bridgehead atoms. The molecule has 0 heterocycles. The average Bonchev–Trinajstić information content (AvgIpc) is 2.29. The van der Waals surface area contributed by atoms with Crippen LogP contribution in [0.15, 0.2) is 24.8 Å². The fourth-order valence-corrected chi connectivity index (χ4v) is 1.55. The summed E-state index contributed by atoms with van der Waals surface area (Å²) >= 11 is 0. The molecule has 0 atom stereocenters. The second-order valence-electron chi connectivity index (χ2n) is 3.45. The molecule has 86 valence electrons. The largest absolute Gasteiger partial charge is 0.339 e. The summed E-state index contributed by atoms with van der Waals surface area (Å²) in [5.41, 5.74) is 0.995.